The largest absolute Gasteiger partial charge is 0.257 e. The van der Waals surface area contributed by atoms with E-state index in [1.54, 1.807) is 0 Å². The van der Waals surface area contributed by atoms with E-state index in [1.165, 1.54) is 24.4 Å². The van der Waals surface area contributed by atoms with Crippen molar-refractivity contribution in [2.24, 2.45) is 0 Å². The fourth-order valence-electron chi connectivity index (χ4n) is 1.09. The van der Waals surface area contributed by atoms with E-state index in [2.05, 4.69) is 30.7 Å². The van der Waals surface area contributed by atoms with Crippen molar-refractivity contribution in [1.82, 2.24) is 4.98 Å². The fraction of sp³-hybridized carbons (Fsp3) is 0.500. The Labute approximate surface area is 76.0 Å². The highest BCUT2D eigenvalue weighted by Gasteiger charge is 2.03. The molecule has 0 radical (unpaired) electrons. The van der Waals surface area contributed by atoms with E-state index < -0.39 is 0 Å². The topological polar surface area (TPSA) is 12.9 Å². The third-order valence-corrected chi connectivity index (χ3v) is 3.92. The van der Waals surface area contributed by atoms with Crippen molar-refractivity contribution in [3.8, 4) is 0 Å². The molecule has 66 valence electrons. The van der Waals surface area contributed by atoms with Crippen LogP contribution in [0.4, 0.5) is 0 Å². The van der Waals surface area contributed by atoms with Gasteiger partial charge in [0.15, 0.2) is 0 Å². The highest BCUT2D eigenvalue weighted by molar-refractivity contribution is 7.64. The summed E-state index contributed by atoms with van der Waals surface area (Å²) >= 11 is 0. The number of nitrogens with zero attached hydrogens (tertiary/aromatic N) is 1. The first-order valence-electron chi connectivity index (χ1n) is 4.46. The molecule has 1 nitrogen and oxygen atoms in total. The predicted octanol–water partition coefficient (Wildman–Crippen LogP) is 2.62. The second-order valence-electron chi connectivity index (χ2n) is 2.96. The van der Waals surface area contributed by atoms with Crippen molar-refractivity contribution in [3.63, 3.8) is 0 Å². The van der Waals surface area contributed by atoms with Crippen molar-refractivity contribution >= 4 is 13.4 Å². The summed E-state index contributed by atoms with van der Waals surface area (Å²) in [7, 11) is 0.00733. The van der Waals surface area contributed by atoms with Crippen molar-refractivity contribution in [2.45, 2.75) is 19.8 Å². The average molecular weight is 181 g/mol. The molecule has 1 unspecified atom stereocenters. The SMILES string of the molecule is CCCCP(C)c1ccccn1. The molecule has 0 amide bonds. The van der Waals surface area contributed by atoms with E-state index in [1.807, 2.05) is 12.3 Å². The number of rotatable bonds is 4. The summed E-state index contributed by atoms with van der Waals surface area (Å²) in [5.41, 5.74) is 1.29. The van der Waals surface area contributed by atoms with Gasteiger partial charge < -0.3 is 0 Å². The Hall–Kier alpha value is -0.420. The van der Waals surface area contributed by atoms with Crippen molar-refractivity contribution < 1.29 is 0 Å². The molecule has 0 bridgehead atoms. The summed E-state index contributed by atoms with van der Waals surface area (Å²) in [6, 6.07) is 6.20. The monoisotopic (exact) mass is 181 g/mol. The summed E-state index contributed by atoms with van der Waals surface area (Å²) in [6.07, 6.45) is 5.83. The first-order chi connectivity index (χ1) is 5.84. The normalized spacial score (nSPS) is 12.8. The van der Waals surface area contributed by atoms with Crippen molar-refractivity contribution in [3.05, 3.63) is 24.4 Å². The lowest BCUT2D eigenvalue weighted by molar-refractivity contribution is 0.892. The molecule has 12 heavy (non-hydrogen) atoms. The van der Waals surface area contributed by atoms with Gasteiger partial charge in [-0.25, -0.2) is 0 Å². The Morgan fingerprint density at radius 2 is 2.25 bits per heavy atom. The first kappa shape index (κ1) is 9.67. The summed E-state index contributed by atoms with van der Waals surface area (Å²) in [5, 5.41) is 0. The average Bonchev–Trinajstić information content (AvgIpc) is 2.15. The molecular weight excluding hydrogens is 165 g/mol. The molecule has 0 spiro atoms. The minimum absolute atomic E-state index is 0.00733. The highest BCUT2D eigenvalue weighted by Crippen LogP contribution is 2.29. The third kappa shape index (κ3) is 2.91. The standard InChI is InChI=1S/C10H16NP/c1-3-4-9-12(2)10-7-5-6-8-11-10/h5-8H,3-4,9H2,1-2H3. The maximum absolute atomic E-state index is 4.36. The Morgan fingerprint density at radius 3 is 2.83 bits per heavy atom. The van der Waals surface area contributed by atoms with Crippen LogP contribution in [0.2, 0.25) is 0 Å². The summed E-state index contributed by atoms with van der Waals surface area (Å²) in [4.78, 5) is 4.36. The Kier molecular flexibility index (Phi) is 4.24. The number of aromatic nitrogens is 1. The van der Waals surface area contributed by atoms with Crippen LogP contribution < -0.4 is 5.44 Å². The molecule has 1 aromatic heterocycles. The first-order valence-corrected chi connectivity index (χ1v) is 6.44. The zero-order chi connectivity index (χ0) is 8.81. The molecule has 0 saturated carbocycles. The molecule has 1 atom stereocenters. The zero-order valence-corrected chi connectivity index (χ0v) is 8.72. The molecule has 0 fully saturated rings. The second kappa shape index (κ2) is 5.27. The molecule has 0 aliphatic heterocycles. The van der Waals surface area contributed by atoms with Crippen LogP contribution in [-0.4, -0.2) is 17.8 Å². The van der Waals surface area contributed by atoms with Crippen molar-refractivity contribution in [2.75, 3.05) is 12.8 Å². The van der Waals surface area contributed by atoms with E-state index in [-0.39, 0.29) is 7.92 Å². The summed E-state index contributed by atoms with van der Waals surface area (Å²) in [5.74, 6) is 0. The Bertz CT molecular complexity index is 210. The lowest BCUT2D eigenvalue weighted by Crippen LogP contribution is -2.05. The molecule has 0 aliphatic carbocycles. The van der Waals surface area contributed by atoms with Crippen LogP contribution in [-0.2, 0) is 0 Å². The van der Waals surface area contributed by atoms with Gasteiger partial charge in [0.2, 0.25) is 0 Å². The Balaban J connectivity index is 2.48. The Morgan fingerprint density at radius 1 is 1.42 bits per heavy atom. The van der Waals surface area contributed by atoms with Gasteiger partial charge in [-0.3, -0.25) is 4.98 Å². The molecule has 0 saturated heterocycles. The van der Waals surface area contributed by atoms with Crippen LogP contribution in [0, 0.1) is 0 Å². The third-order valence-electron chi connectivity index (χ3n) is 1.89. The summed E-state index contributed by atoms with van der Waals surface area (Å²) in [6.45, 7) is 4.55. The molecule has 2 heteroatoms. The molecule has 1 rings (SSSR count). The second-order valence-corrected chi connectivity index (χ2v) is 5.26. The number of hydrogen-bond donors (Lipinski definition) is 0. The number of hydrogen-bond acceptors (Lipinski definition) is 1. The van der Waals surface area contributed by atoms with Crippen LogP contribution in [0.3, 0.4) is 0 Å². The van der Waals surface area contributed by atoms with E-state index >= 15 is 0 Å². The molecule has 1 heterocycles. The fourth-order valence-corrected chi connectivity index (χ4v) is 2.71. The van der Waals surface area contributed by atoms with Crippen LogP contribution in [0.25, 0.3) is 0 Å². The molecule has 0 aromatic carbocycles. The van der Waals surface area contributed by atoms with Gasteiger partial charge in [0.05, 0.1) is 5.44 Å². The lowest BCUT2D eigenvalue weighted by atomic mass is 10.4. The van der Waals surface area contributed by atoms with Gasteiger partial charge in [0, 0.05) is 6.20 Å². The van der Waals surface area contributed by atoms with Crippen LogP contribution in [0.15, 0.2) is 24.4 Å². The van der Waals surface area contributed by atoms with Crippen LogP contribution in [0.1, 0.15) is 19.8 Å². The quantitative estimate of drug-likeness (QED) is 0.651. The van der Waals surface area contributed by atoms with Gasteiger partial charge in [-0.1, -0.05) is 27.3 Å². The van der Waals surface area contributed by atoms with Gasteiger partial charge in [0.1, 0.15) is 0 Å². The minimum atomic E-state index is 0.00733. The van der Waals surface area contributed by atoms with Crippen molar-refractivity contribution in [1.29, 1.82) is 0 Å². The van der Waals surface area contributed by atoms with E-state index in [0.717, 1.165) is 0 Å². The summed E-state index contributed by atoms with van der Waals surface area (Å²) < 4.78 is 0. The van der Waals surface area contributed by atoms with Gasteiger partial charge in [-0.15, -0.1) is 0 Å². The molecule has 0 aliphatic rings. The minimum Gasteiger partial charge on any atom is -0.257 e. The predicted molar refractivity (Wildman–Crippen MR) is 56.5 cm³/mol. The number of pyridine rings is 1. The van der Waals surface area contributed by atoms with Crippen LogP contribution in [0.5, 0.6) is 0 Å². The van der Waals surface area contributed by atoms with Crippen LogP contribution >= 0.6 is 7.92 Å². The number of unbranched alkanes of at least 4 members (excludes halogenated alkanes) is 1. The highest BCUT2D eigenvalue weighted by atomic mass is 31.1. The van der Waals surface area contributed by atoms with Gasteiger partial charge in [-0.2, -0.15) is 0 Å². The van der Waals surface area contributed by atoms with Gasteiger partial charge >= 0.3 is 0 Å². The van der Waals surface area contributed by atoms with E-state index in [0.29, 0.717) is 0 Å². The zero-order valence-electron chi connectivity index (χ0n) is 7.83. The van der Waals surface area contributed by atoms with E-state index in [9.17, 15) is 0 Å². The van der Waals surface area contributed by atoms with E-state index in [4.69, 9.17) is 0 Å². The maximum atomic E-state index is 4.36. The molecule has 1 aromatic rings. The lowest BCUT2D eigenvalue weighted by Gasteiger charge is -2.09. The molecule has 0 N–H and O–H groups in total. The van der Waals surface area contributed by atoms with Gasteiger partial charge in [0.25, 0.3) is 0 Å². The smallest absolute Gasteiger partial charge is 0.0628 e. The van der Waals surface area contributed by atoms with Gasteiger partial charge in [-0.05, 0) is 31.4 Å². The maximum Gasteiger partial charge on any atom is 0.0628 e. The molecular formula is C10H16NP.